The number of fused-ring (bicyclic) bond motifs is 3. The highest BCUT2D eigenvalue weighted by atomic mass is 16.5. The van der Waals surface area contributed by atoms with Crippen molar-refractivity contribution >= 4 is 17.7 Å². The number of imide groups is 1. The molecule has 2 aromatic carbocycles. The van der Waals surface area contributed by atoms with E-state index in [9.17, 15) is 14.4 Å². The molecule has 3 amide bonds. The number of rotatable bonds is 5. The van der Waals surface area contributed by atoms with Crippen LogP contribution in [0.3, 0.4) is 0 Å². The first-order valence-corrected chi connectivity index (χ1v) is 13.7. The zero-order valence-electron chi connectivity index (χ0n) is 21.2. The average molecular weight is 511 g/mol. The van der Waals surface area contributed by atoms with Crippen LogP contribution in [0.4, 0.5) is 0 Å². The topological polar surface area (TPSA) is 103 Å². The molecule has 2 bridgehead atoms. The van der Waals surface area contributed by atoms with Crippen molar-refractivity contribution in [3.63, 3.8) is 0 Å². The van der Waals surface area contributed by atoms with Gasteiger partial charge in [0.15, 0.2) is 0 Å². The summed E-state index contributed by atoms with van der Waals surface area (Å²) in [4.78, 5) is 42.0. The summed E-state index contributed by atoms with van der Waals surface area (Å²) in [5.41, 5.74) is 2.58. The minimum absolute atomic E-state index is 0.0954. The molecule has 0 spiro atoms. The fourth-order valence-electron chi connectivity index (χ4n) is 7.15. The van der Waals surface area contributed by atoms with Gasteiger partial charge in [0, 0.05) is 43.1 Å². The van der Waals surface area contributed by atoms with Crippen LogP contribution in [0.1, 0.15) is 71.5 Å². The normalized spacial score (nSPS) is 30.7. The third kappa shape index (κ3) is 3.56. The molecular formula is C30H30N4O4. The highest BCUT2D eigenvalue weighted by Crippen LogP contribution is 2.49. The summed E-state index contributed by atoms with van der Waals surface area (Å²) in [7, 11) is 0. The van der Waals surface area contributed by atoms with Crippen molar-refractivity contribution in [3.05, 3.63) is 64.7 Å². The van der Waals surface area contributed by atoms with Crippen LogP contribution in [-0.2, 0) is 16.1 Å². The number of nitriles is 1. The Kier molecular flexibility index (Phi) is 5.34. The number of nitrogens with one attached hydrogen (secondary N) is 1. The molecule has 4 heterocycles. The van der Waals surface area contributed by atoms with E-state index in [4.69, 9.17) is 10.00 Å². The third-order valence-corrected chi connectivity index (χ3v) is 9.44. The highest BCUT2D eigenvalue weighted by Gasteiger charge is 2.63. The molecule has 1 unspecified atom stereocenters. The van der Waals surface area contributed by atoms with Crippen molar-refractivity contribution in [1.29, 1.82) is 5.26 Å². The van der Waals surface area contributed by atoms with Crippen LogP contribution in [-0.4, -0.2) is 58.3 Å². The van der Waals surface area contributed by atoms with Crippen LogP contribution in [0.2, 0.25) is 0 Å². The lowest BCUT2D eigenvalue weighted by atomic mass is 9.63. The maximum Gasteiger partial charge on any atom is 0.255 e. The molecule has 0 aromatic heterocycles. The van der Waals surface area contributed by atoms with E-state index in [1.54, 1.807) is 4.90 Å². The van der Waals surface area contributed by atoms with Crippen LogP contribution in [0.15, 0.2) is 42.5 Å². The smallest absolute Gasteiger partial charge is 0.255 e. The number of nitrogens with zero attached hydrogens (tertiary/aromatic N) is 3. The zero-order valence-corrected chi connectivity index (χ0v) is 21.2. The Balaban J connectivity index is 1.03. The molecule has 8 rings (SSSR count). The molecule has 1 N–H and O–H groups in total. The van der Waals surface area contributed by atoms with Gasteiger partial charge in [0.2, 0.25) is 5.91 Å². The summed E-state index contributed by atoms with van der Waals surface area (Å²) in [6.07, 6.45) is 5.39. The summed E-state index contributed by atoms with van der Waals surface area (Å²) in [5, 5.41) is 11.5. The maximum atomic E-state index is 13.2. The number of ether oxygens (including phenoxy) is 1. The lowest BCUT2D eigenvalue weighted by Gasteiger charge is -2.53. The van der Waals surface area contributed by atoms with Gasteiger partial charge in [-0.25, -0.2) is 0 Å². The third-order valence-electron chi connectivity index (χ3n) is 9.44. The van der Waals surface area contributed by atoms with E-state index in [1.807, 2.05) is 30.3 Å². The Labute approximate surface area is 221 Å². The maximum absolute atomic E-state index is 13.2. The van der Waals surface area contributed by atoms with Crippen LogP contribution < -0.4 is 10.1 Å². The van der Waals surface area contributed by atoms with Crippen molar-refractivity contribution in [2.75, 3.05) is 13.1 Å². The molecule has 2 atom stereocenters. The molecule has 3 saturated heterocycles. The molecule has 194 valence electrons. The minimum atomic E-state index is -0.896. The van der Waals surface area contributed by atoms with Crippen molar-refractivity contribution < 1.29 is 19.1 Å². The van der Waals surface area contributed by atoms with Gasteiger partial charge in [0.1, 0.15) is 17.4 Å². The van der Waals surface area contributed by atoms with E-state index in [-0.39, 0.29) is 29.7 Å². The molecule has 2 aromatic rings. The summed E-state index contributed by atoms with van der Waals surface area (Å²) < 4.78 is 6.58. The van der Waals surface area contributed by atoms with E-state index in [2.05, 4.69) is 28.4 Å². The van der Waals surface area contributed by atoms with E-state index in [0.29, 0.717) is 42.5 Å². The lowest BCUT2D eigenvalue weighted by molar-refractivity contribution is -0.160. The SMILES string of the molecule is N#Cc1ccc(C2CN(C3CCCC[C@H]3Oc3ccc4c(c3)CN(C35CC(C3)C(=O)NC5=O)C4=O)C2)cc1. The Bertz CT molecular complexity index is 1370. The predicted molar refractivity (Wildman–Crippen MR) is 137 cm³/mol. The van der Waals surface area contributed by atoms with Crippen LogP contribution in [0.25, 0.3) is 0 Å². The first-order valence-electron chi connectivity index (χ1n) is 13.7. The predicted octanol–water partition coefficient (Wildman–Crippen LogP) is 3.11. The quantitative estimate of drug-likeness (QED) is 0.620. The molecule has 2 aliphatic carbocycles. The monoisotopic (exact) mass is 510 g/mol. The van der Waals surface area contributed by atoms with Gasteiger partial charge >= 0.3 is 0 Å². The van der Waals surface area contributed by atoms with Crippen molar-refractivity contribution in [3.8, 4) is 11.8 Å². The number of hydrogen-bond donors (Lipinski definition) is 1. The van der Waals surface area contributed by atoms with Gasteiger partial charge in [-0.3, -0.25) is 24.6 Å². The standard InChI is InChI=1S/C30H30N4O4/c31-14-18-5-7-19(8-6-18)22-15-33(16-22)25-3-1-2-4-26(25)38-23-9-10-24-20(11-23)17-34(28(24)36)30-12-21(13-30)27(35)32-29(30)37/h5-11,21-22,25-26H,1-4,12-13,15-17H2,(H,32,35,37)/t21?,25?,26-,30?/m1/s1. The summed E-state index contributed by atoms with van der Waals surface area (Å²) >= 11 is 0. The number of hydrogen-bond acceptors (Lipinski definition) is 6. The number of piperidine rings is 2. The number of carbonyl (C=O) groups is 3. The van der Waals surface area contributed by atoms with Gasteiger partial charge in [0.05, 0.1) is 11.6 Å². The zero-order chi connectivity index (χ0) is 26.0. The molecule has 4 aliphatic heterocycles. The lowest BCUT2D eigenvalue weighted by Crippen LogP contribution is -2.73. The largest absolute Gasteiger partial charge is 0.489 e. The first-order chi connectivity index (χ1) is 18.4. The number of likely N-dealkylation sites (tertiary alicyclic amines) is 1. The molecule has 38 heavy (non-hydrogen) atoms. The van der Waals surface area contributed by atoms with Gasteiger partial charge in [-0.15, -0.1) is 0 Å². The van der Waals surface area contributed by atoms with Crippen LogP contribution in [0, 0.1) is 17.2 Å². The summed E-state index contributed by atoms with van der Waals surface area (Å²) in [6.45, 7) is 2.36. The van der Waals surface area contributed by atoms with Crippen LogP contribution in [0.5, 0.6) is 5.75 Å². The van der Waals surface area contributed by atoms with E-state index in [1.165, 1.54) is 12.0 Å². The van der Waals surface area contributed by atoms with Gasteiger partial charge in [-0.2, -0.15) is 5.26 Å². The Morgan fingerprint density at radius 3 is 2.47 bits per heavy atom. The average Bonchev–Trinajstić information content (AvgIpc) is 3.19. The highest BCUT2D eigenvalue weighted by molar-refractivity contribution is 6.10. The molecule has 6 aliphatic rings. The fraction of sp³-hybridized carbons (Fsp3) is 0.467. The van der Waals surface area contributed by atoms with Crippen molar-refractivity contribution in [2.24, 2.45) is 5.92 Å². The Morgan fingerprint density at radius 2 is 1.74 bits per heavy atom. The van der Waals surface area contributed by atoms with Gasteiger partial charge in [0.25, 0.3) is 11.8 Å². The molecule has 8 nitrogen and oxygen atoms in total. The Morgan fingerprint density at radius 1 is 0.974 bits per heavy atom. The van der Waals surface area contributed by atoms with Crippen molar-refractivity contribution in [2.45, 2.75) is 68.7 Å². The molecule has 5 fully saturated rings. The van der Waals surface area contributed by atoms with Gasteiger partial charge in [-0.1, -0.05) is 18.6 Å². The van der Waals surface area contributed by atoms with Crippen molar-refractivity contribution in [1.82, 2.24) is 15.1 Å². The second-order valence-electron chi connectivity index (χ2n) is 11.6. The second-order valence-corrected chi connectivity index (χ2v) is 11.6. The Hall–Kier alpha value is -3.70. The van der Waals surface area contributed by atoms with Gasteiger partial charge < -0.3 is 9.64 Å². The minimum Gasteiger partial charge on any atom is -0.489 e. The van der Waals surface area contributed by atoms with E-state index in [0.717, 1.165) is 43.7 Å². The first kappa shape index (κ1) is 23.4. The van der Waals surface area contributed by atoms with E-state index >= 15 is 0 Å². The molecular weight excluding hydrogens is 480 g/mol. The van der Waals surface area contributed by atoms with E-state index < -0.39 is 5.54 Å². The number of amides is 3. The summed E-state index contributed by atoms with van der Waals surface area (Å²) in [6, 6.07) is 16.2. The number of benzene rings is 2. The fourth-order valence-corrected chi connectivity index (χ4v) is 7.15. The molecule has 2 saturated carbocycles. The molecule has 8 heteroatoms. The molecule has 0 radical (unpaired) electrons. The van der Waals surface area contributed by atoms with Gasteiger partial charge in [-0.05, 0) is 73.6 Å². The van der Waals surface area contributed by atoms with Crippen LogP contribution >= 0.6 is 0 Å². The second kappa shape index (κ2) is 8.67. The number of carbonyl (C=O) groups excluding carboxylic acids is 3. The summed E-state index contributed by atoms with van der Waals surface area (Å²) in [5.74, 6) is 0.376.